The maximum Gasteiger partial charge on any atom is 0.0333 e. The SMILES string of the molecule is CC.CC.C\C=C/C(=C\C=C\C)C(C1=CCC=C(N)C=C1)C(/C=C\CC)=C/CC. The van der Waals surface area contributed by atoms with Crippen LogP contribution in [-0.2, 0) is 0 Å². The summed E-state index contributed by atoms with van der Waals surface area (Å²) >= 11 is 0. The van der Waals surface area contributed by atoms with E-state index in [0.29, 0.717) is 0 Å². The van der Waals surface area contributed by atoms with Crippen LogP contribution >= 0.6 is 0 Å². The molecule has 29 heavy (non-hydrogen) atoms. The molecule has 0 saturated heterocycles. The highest BCUT2D eigenvalue weighted by molar-refractivity contribution is 5.49. The number of nitrogens with two attached hydrogens (primary N) is 1. The largest absolute Gasteiger partial charge is 0.399 e. The van der Waals surface area contributed by atoms with E-state index in [1.165, 1.54) is 16.7 Å². The first-order valence-corrected chi connectivity index (χ1v) is 11.3. The number of hydrogen-bond acceptors (Lipinski definition) is 1. The van der Waals surface area contributed by atoms with Crippen molar-refractivity contribution in [2.45, 2.75) is 74.7 Å². The Morgan fingerprint density at radius 3 is 2.17 bits per heavy atom. The molecule has 0 radical (unpaired) electrons. The quantitative estimate of drug-likeness (QED) is 0.408. The molecule has 1 unspecified atom stereocenters. The molecule has 1 aliphatic rings. The Labute approximate surface area is 181 Å². The summed E-state index contributed by atoms with van der Waals surface area (Å²) in [6.07, 6.45) is 29.0. The lowest BCUT2D eigenvalue weighted by molar-refractivity contribution is 0.886. The van der Waals surface area contributed by atoms with Gasteiger partial charge in [0.05, 0.1) is 0 Å². The Balaban J connectivity index is 0. The second-order valence-corrected chi connectivity index (χ2v) is 6.03. The molecule has 0 fully saturated rings. The lowest BCUT2D eigenvalue weighted by atomic mass is 9.82. The molecule has 1 atom stereocenters. The van der Waals surface area contributed by atoms with Gasteiger partial charge in [0, 0.05) is 11.6 Å². The highest BCUT2D eigenvalue weighted by Gasteiger charge is 2.19. The van der Waals surface area contributed by atoms with Gasteiger partial charge in [0.25, 0.3) is 0 Å². The normalized spacial score (nSPS) is 16.0. The van der Waals surface area contributed by atoms with E-state index in [9.17, 15) is 0 Å². The van der Waals surface area contributed by atoms with E-state index in [0.717, 1.165) is 25.0 Å². The second-order valence-electron chi connectivity index (χ2n) is 6.03. The predicted octanol–water partition coefficient (Wildman–Crippen LogP) is 8.77. The fourth-order valence-corrected chi connectivity index (χ4v) is 2.87. The summed E-state index contributed by atoms with van der Waals surface area (Å²) in [4.78, 5) is 0. The molecular formula is C28H45N. The van der Waals surface area contributed by atoms with Gasteiger partial charge in [-0.1, -0.05) is 108 Å². The first kappa shape index (κ1) is 28.9. The van der Waals surface area contributed by atoms with E-state index in [4.69, 9.17) is 5.73 Å². The maximum atomic E-state index is 6.00. The third-order valence-corrected chi connectivity index (χ3v) is 4.00. The standard InChI is InChI=1S/C24H33N.2C2H6/c1-5-9-14-20(12-7-3)24(21(13-8-4)15-10-6-2)22-16-11-17-23(25)19-18-22;2*1-2/h5,7,9-10,12-19,24H,6,8,11,25H2,1-4H3;2*1-2H3/b9-5+,12-7-,15-10-,20-14+,21-13+;;. The molecule has 0 aromatic rings. The van der Waals surface area contributed by atoms with Gasteiger partial charge in [-0.3, -0.25) is 0 Å². The first-order valence-electron chi connectivity index (χ1n) is 11.3. The van der Waals surface area contributed by atoms with Crippen LogP contribution in [0.4, 0.5) is 0 Å². The average molecular weight is 396 g/mol. The van der Waals surface area contributed by atoms with Crippen molar-refractivity contribution in [1.82, 2.24) is 0 Å². The average Bonchev–Trinajstić information content (AvgIpc) is 2.97. The molecule has 162 valence electrons. The van der Waals surface area contributed by atoms with Gasteiger partial charge < -0.3 is 5.73 Å². The number of hydrogen-bond donors (Lipinski definition) is 1. The van der Waals surface area contributed by atoms with Crippen molar-refractivity contribution in [3.8, 4) is 0 Å². The van der Waals surface area contributed by atoms with Gasteiger partial charge in [-0.05, 0) is 55.9 Å². The molecule has 1 heteroatoms. The Hall–Kier alpha value is -2.28. The van der Waals surface area contributed by atoms with E-state index >= 15 is 0 Å². The molecule has 0 amide bonds. The summed E-state index contributed by atoms with van der Waals surface area (Å²) < 4.78 is 0. The van der Waals surface area contributed by atoms with E-state index in [2.05, 4.69) is 87.6 Å². The van der Waals surface area contributed by atoms with Crippen molar-refractivity contribution in [2.24, 2.45) is 11.7 Å². The fraction of sp³-hybridized carbons (Fsp3) is 0.429. The van der Waals surface area contributed by atoms with Gasteiger partial charge in [0.2, 0.25) is 0 Å². The van der Waals surface area contributed by atoms with Crippen LogP contribution in [-0.4, -0.2) is 0 Å². The molecule has 1 rings (SSSR count). The van der Waals surface area contributed by atoms with Crippen LogP contribution in [0.3, 0.4) is 0 Å². The Kier molecular flexibility index (Phi) is 20.4. The van der Waals surface area contributed by atoms with Crippen LogP contribution in [0.25, 0.3) is 0 Å². The molecule has 0 bridgehead atoms. The van der Waals surface area contributed by atoms with Gasteiger partial charge in [-0.25, -0.2) is 0 Å². The lowest BCUT2D eigenvalue weighted by Gasteiger charge is -2.22. The van der Waals surface area contributed by atoms with Crippen molar-refractivity contribution in [1.29, 1.82) is 0 Å². The van der Waals surface area contributed by atoms with Gasteiger partial charge in [-0.15, -0.1) is 0 Å². The van der Waals surface area contributed by atoms with Crippen LogP contribution in [0, 0.1) is 5.92 Å². The summed E-state index contributed by atoms with van der Waals surface area (Å²) in [5.41, 5.74) is 10.8. The highest BCUT2D eigenvalue weighted by Crippen LogP contribution is 2.33. The van der Waals surface area contributed by atoms with Crippen molar-refractivity contribution < 1.29 is 0 Å². The molecule has 0 saturated carbocycles. The summed E-state index contributed by atoms with van der Waals surface area (Å²) in [6.45, 7) is 16.5. The van der Waals surface area contributed by atoms with E-state index in [1.807, 2.05) is 40.7 Å². The molecule has 0 aromatic carbocycles. The highest BCUT2D eigenvalue weighted by atomic mass is 14.6. The third kappa shape index (κ3) is 12.0. The minimum Gasteiger partial charge on any atom is -0.399 e. The monoisotopic (exact) mass is 395 g/mol. The van der Waals surface area contributed by atoms with Gasteiger partial charge in [-0.2, -0.15) is 0 Å². The molecular weight excluding hydrogens is 350 g/mol. The fourth-order valence-electron chi connectivity index (χ4n) is 2.87. The minimum absolute atomic E-state index is 0.214. The lowest BCUT2D eigenvalue weighted by Crippen LogP contribution is -2.09. The summed E-state index contributed by atoms with van der Waals surface area (Å²) in [6, 6.07) is 0. The van der Waals surface area contributed by atoms with Crippen molar-refractivity contribution >= 4 is 0 Å². The van der Waals surface area contributed by atoms with E-state index in [-0.39, 0.29) is 5.92 Å². The van der Waals surface area contributed by atoms with Crippen LogP contribution < -0.4 is 5.73 Å². The molecule has 1 aliphatic carbocycles. The second kappa shape index (κ2) is 20.5. The summed E-state index contributed by atoms with van der Waals surface area (Å²) in [7, 11) is 0. The molecule has 0 spiro atoms. The van der Waals surface area contributed by atoms with Crippen molar-refractivity contribution in [3.05, 3.63) is 95.3 Å². The topological polar surface area (TPSA) is 26.0 Å². The van der Waals surface area contributed by atoms with Gasteiger partial charge in [0.15, 0.2) is 0 Å². The van der Waals surface area contributed by atoms with Crippen molar-refractivity contribution in [3.63, 3.8) is 0 Å². The molecule has 0 aromatic heterocycles. The molecule has 2 N–H and O–H groups in total. The smallest absolute Gasteiger partial charge is 0.0333 e. The first-order chi connectivity index (χ1) is 14.2. The van der Waals surface area contributed by atoms with Crippen LogP contribution in [0.15, 0.2) is 95.3 Å². The van der Waals surface area contributed by atoms with E-state index in [1.54, 1.807) is 0 Å². The summed E-state index contributed by atoms with van der Waals surface area (Å²) in [5.74, 6) is 0.214. The van der Waals surface area contributed by atoms with Gasteiger partial charge >= 0.3 is 0 Å². The molecule has 0 aliphatic heterocycles. The third-order valence-electron chi connectivity index (χ3n) is 4.00. The summed E-state index contributed by atoms with van der Waals surface area (Å²) in [5, 5.41) is 0. The zero-order chi connectivity index (χ0) is 22.5. The number of rotatable bonds is 8. The molecule has 1 nitrogen and oxygen atoms in total. The Bertz CT molecular complexity index is 644. The Morgan fingerprint density at radius 2 is 1.62 bits per heavy atom. The predicted molar refractivity (Wildman–Crippen MR) is 136 cm³/mol. The van der Waals surface area contributed by atoms with Crippen LogP contribution in [0.5, 0.6) is 0 Å². The van der Waals surface area contributed by atoms with E-state index < -0.39 is 0 Å². The molecule has 0 heterocycles. The van der Waals surface area contributed by atoms with Gasteiger partial charge in [0.1, 0.15) is 0 Å². The number of allylic oxidation sites excluding steroid dienone is 15. The van der Waals surface area contributed by atoms with Crippen molar-refractivity contribution in [2.75, 3.05) is 0 Å². The zero-order valence-electron chi connectivity index (χ0n) is 20.2. The van der Waals surface area contributed by atoms with Crippen LogP contribution in [0.2, 0.25) is 0 Å². The minimum atomic E-state index is 0.214. The zero-order valence-corrected chi connectivity index (χ0v) is 20.2. The van der Waals surface area contributed by atoms with Crippen LogP contribution in [0.1, 0.15) is 74.7 Å². The maximum absolute atomic E-state index is 6.00. The Morgan fingerprint density at radius 1 is 0.931 bits per heavy atom.